The van der Waals surface area contributed by atoms with E-state index in [0.29, 0.717) is 4.47 Å². The third-order valence-corrected chi connectivity index (χ3v) is 4.64. The van der Waals surface area contributed by atoms with Crippen LogP contribution in [0, 0.1) is 5.82 Å². The highest BCUT2D eigenvalue weighted by molar-refractivity contribution is 9.10. The van der Waals surface area contributed by atoms with E-state index in [1.54, 1.807) is 0 Å². The summed E-state index contributed by atoms with van der Waals surface area (Å²) in [6.07, 6.45) is 0.00961. The number of rotatable bonds is 5. The zero-order valence-corrected chi connectivity index (χ0v) is 14.0. The number of nitrogens with one attached hydrogen (secondary N) is 1. The Morgan fingerprint density at radius 3 is 2.82 bits per heavy atom. The number of amides is 1. The van der Waals surface area contributed by atoms with Crippen molar-refractivity contribution in [3.05, 3.63) is 56.4 Å². The lowest BCUT2D eigenvalue weighted by molar-refractivity contribution is -0.141. The molecule has 0 aliphatic rings. The second-order valence-electron chi connectivity index (χ2n) is 4.45. The van der Waals surface area contributed by atoms with Gasteiger partial charge in [-0.2, -0.15) is 0 Å². The number of methoxy groups -OCH3 is 1. The summed E-state index contributed by atoms with van der Waals surface area (Å²) >= 11 is 4.64. The predicted molar refractivity (Wildman–Crippen MR) is 85.3 cm³/mol. The fraction of sp³-hybridized carbons (Fsp3) is 0.200. The minimum Gasteiger partial charge on any atom is -0.469 e. The van der Waals surface area contributed by atoms with Crippen molar-refractivity contribution in [3.8, 4) is 0 Å². The second-order valence-corrected chi connectivity index (χ2v) is 6.28. The molecule has 0 radical (unpaired) electrons. The number of carbonyl (C=O) groups excluding carboxylic acids is 2. The van der Waals surface area contributed by atoms with Crippen molar-refractivity contribution in [1.82, 2.24) is 5.32 Å². The van der Waals surface area contributed by atoms with Gasteiger partial charge in [0.25, 0.3) is 5.91 Å². The minimum atomic E-state index is -0.518. The fourth-order valence-electron chi connectivity index (χ4n) is 1.87. The number of hydrogen-bond acceptors (Lipinski definition) is 4. The van der Waals surface area contributed by atoms with Gasteiger partial charge in [0, 0.05) is 9.35 Å². The maximum atomic E-state index is 13.3. The van der Waals surface area contributed by atoms with Crippen LogP contribution >= 0.6 is 27.3 Å². The molecule has 0 aliphatic heterocycles. The van der Waals surface area contributed by atoms with E-state index in [1.165, 1.54) is 30.6 Å². The van der Waals surface area contributed by atoms with Gasteiger partial charge in [-0.15, -0.1) is 11.3 Å². The van der Waals surface area contributed by atoms with Crippen LogP contribution in [0.15, 0.2) is 40.2 Å². The van der Waals surface area contributed by atoms with Crippen molar-refractivity contribution in [3.63, 3.8) is 0 Å². The highest BCUT2D eigenvalue weighted by Gasteiger charge is 2.21. The van der Waals surface area contributed by atoms with E-state index in [0.717, 1.165) is 10.9 Å². The number of carbonyl (C=O) groups is 2. The Bertz CT molecular complexity index is 675. The summed E-state index contributed by atoms with van der Waals surface area (Å²) in [6.45, 7) is 0. The van der Waals surface area contributed by atoms with Gasteiger partial charge in [-0.05, 0) is 45.6 Å². The van der Waals surface area contributed by atoms with Gasteiger partial charge in [-0.1, -0.05) is 6.07 Å². The Labute approximate surface area is 139 Å². The highest BCUT2D eigenvalue weighted by atomic mass is 79.9. The zero-order valence-electron chi connectivity index (χ0n) is 11.6. The van der Waals surface area contributed by atoms with Crippen LogP contribution in [0.4, 0.5) is 4.39 Å². The van der Waals surface area contributed by atoms with Crippen LogP contribution in [-0.2, 0) is 9.53 Å². The van der Waals surface area contributed by atoms with Crippen LogP contribution in [0.5, 0.6) is 0 Å². The van der Waals surface area contributed by atoms with Crippen LogP contribution in [0.2, 0.25) is 0 Å². The summed E-state index contributed by atoms with van der Waals surface area (Å²) in [5.74, 6) is -1.40. The summed E-state index contributed by atoms with van der Waals surface area (Å²) in [7, 11) is 1.29. The molecule has 0 fully saturated rings. The number of benzene rings is 1. The van der Waals surface area contributed by atoms with Gasteiger partial charge in [0.1, 0.15) is 5.82 Å². The third-order valence-electron chi connectivity index (χ3n) is 2.96. The van der Waals surface area contributed by atoms with Crippen LogP contribution in [0.3, 0.4) is 0 Å². The Kier molecular flexibility index (Phi) is 5.68. The lowest BCUT2D eigenvalue weighted by Gasteiger charge is -2.17. The number of halogens is 2. The van der Waals surface area contributed by atoms with Crippen LogP contribution < -0.4 is 5.32 Å². The third kappa shape index (κ3) is 4.14. The smallest absolute Gasteiger partial charge is 0.307 e. The van der Waals surface area contributed by atoms with Gasteiger partial charge in [0.2, 0.25) is 0 Å². The average Bonchev–Trinajstić information content (AvgIpc) is 3.03. The highest BCUT2D eigenvalue weighted by Crippen LogP contribution is 2.24. The first-order valence-corrected chi connectivity index (χ1v) is 8.04. The molecular weight excluding hydrogens is 373 g/mol. The predicted octanol–water partition coefficient (Wildman–Crippen LogP) is 3.68. The van der Waals surface area contributed by atoms with Gasteiger partial charge in [-0.3, -0.25) is 9.59 Å². The van der Waals surface area contributed by atoms with Crippen molar-refractivity contribution in [2.45, 2.75) is 12.5 Å². The maximum absolute atomic E-state index is 13.3. The van der Waals surface area contributed by atoms with Gasteiger partial charge in [-0.25, -0.2) is 4.39 Å². The quantitative estimate of drug-likeness (QED) is 0.798. The van der Waals surface area contributed by atoms with E-state index in [9.17, 15) is 14.0 Å². The monoisotopic (exact) mass is 385 g/mol. The number of ether oxygens (including phenoxy) is 1. The lowest BCUT2D eigenvalue weighted by atomic mass is 10.1. The Balaban J connectivity index is 2.21. The first kappa shape index (κ1) is 16.6. The SMILES string of the molecule is COC(=O)CC(NC(=O)c1cc(F)ccc1Br)c1cccs1. The number of esters is 1. The van der Waals surface area contributed by atoms with Gasteiger partial charge in [0.05, 0.1) is 25.1 Å². The molecule has 4 nitrogen and oxygen atoms in total. The minimum absolute atomic E-state index is 0.00961. The molecule has 1 atom stereocenters. The van der Waals surface area contributed by atoms with Crippen molar-refractivity contribution in [1.29, 1.82) is 0 Å². The van der Waals surface area contributed by atoms with E-state index < -0.39 is 23.7 Å². The molecule has 7 heteroatoms. The normalized spacial score (nSPS) is 11.8. The summed E-state index contributed by atoms with van der Waals surface area (Å²) in [5, 5.41) is 4.59. The average molecular weight is 386 g/mol. The molecule has 0 spiro atoms. The molecule has 1 heterocycles. The molecule has 1 N–H and O–H groups in total. The summed E-state index contributed by atoms with van der Waals surface area (Å²) in [6, 6.07) is 6.99. The molecule has 0 bridgehead atoms. The van der Waals surface area contributed by atoms with E-state index in [-0.39, 0.29) is 12.0 Å². The largest absolute Gasteiger partial charge is 0.469 e. The Morgan fingerprint density at radius 1 is 1.41 bits per heavy atom. The molecule has 22 heavy (non-hydrogen) atoms. The molecule has 2 aromatic rings. The van der Waals surface area contributed by atoms with Gasteiger partial charge < -0.3 is 10.1 Å². The van der Waals surface area contributed by atoms with Crippen LogP contribution in [-0.4, -0.2) is 19.0 Å². The first-order chi connectivity index (χ1) is 10.5. The van der Waals surface area contributed by atoms with Gasteiger partial charge >= 0.3 is 5.97 Å². The standard InChI is InChI=1S/C15H13BrFNO3S/c1-21-14(19)8-12(13-3-2-6-22-13)18-15(20)10-7-9(17)4-5-11(10)16/h2-7,12H,8H2,1H3,(H,18,20). The van der Waals surface area contributed by atoms with Crippen molar-refractivity contribution in [2.75, 3.05) is 7.11 Å². The Morgan fingerprint density at radius 2 is 2.18 bits per heavy atom. The molecule has 1 aromatic carbocycles. The molecular formula is C15H13BrFNO3S. The molecule has 1 aromatic heterocycles. The van der Waals surface area contributed by atoms with Crippen molar-refractivity contribution >= 4 is 39.1 Å². The zero-order chi connectivity index (χ0) is 16.1. The van der Waals surface area contributed by atoms with Crippen LogP contribution in [0.25, 0.3) is 0 Å². The van der Waals surface area contributed by atoms with Crippen molar-refractivity contribution in [2.24, 2.45) is 0 Å². The first-order valence-electron chi connectivity index (χ1n) is 6.37. The summed E-state index contributed by atoms with van der Waals surface area (Å²) < 4.78 is 18.4. The van der Waals surface area contributed by atoms with Crippen molar-refractivity contribution < 1.29 is 18.7 Å². The topological polar surface area (TPSA) is 55.4 Å². The fourth-order valence-corrected chi connectivity index (χ4v) is 3.07. The second kappa shape index (κ2) is 7.51. The number of thiophene rings is 1. The molecule has 1 unspecified atom stereocenters. The molecule has 0 aliphatic carbocycles. The molecule has 116 valence electrons. The van der Waals surface area contributed by atoms with E-state index in [2.05, 4.69) is 26.0 Å². The molecule has 1 amide bonds. The lowest BCUT2D eigenvalue weighted by Crippen LogP contribution is -2.30. The summed E-state index contributed by atoms with van der Waals surface area (Å²) in [4.78, 5) is 24.7. The number of hydrogen-bond donors (Lipinski definition) is 1. The molecule has 0 saturated heterocycles. The Hall–Kier alpha value is -1.73. The van der Waals surface area contributed by atoms with Crippen LogP contribution in [0.1, 0.15) is 27.7 Å². The molecule has 2 rings (SSSR count). The van der Waals surface area contributed by atoms with Gasteiger partial charge in [0.15, 0.2) is 0 Å². The molecule has 0 saturated carbocycles. The maximum Gasteiger partial charge on any atom is 0.307 e. The summed E-state index contributed by atoms with van der Waals surface area (Å²) in [5.41, 5.74) is 0.173. The van der Waals surface area contributed by atoms with E-state index >= 15 is 0 Å². The van der Waals surface area contributed by atoms with E-state index in [1.807, 2.05) is 17.5 Å². The van der Waals surface area contributed by atoms with E-state index in [4.69, 9.17) is 0 Å².